The Morgan fingerprint density at radius 3 is 3.00 bits per heavy atom. The molecule has 0 aliphatic carbocycles. The third kappa shape index (κ3) is 1.44. The van der Waals surface area contributed by atoms with Crippen molar-refractivity contribution in [1.29, 1.82) is 0 Å². The highest BCUT2D eigenvalue weighted by atomic mass is 79.9. The lowest BCUT2D eigenvalue weighted by molar-refractivity contribution is 0.415. The Labute approximate surface area is 84.6 Å². The van der Waals surface area contributed by atoms with Crippen molar-refractivity contribution in [2.45, 2.75) is 5.33 Å². The molecule has 2 aromatic rings. The van der Waals surface area contributed by atoms with Gasteiger partial charge in [0.15, 0.2) is 0 Å². The van der Waals surface area contributed by atoms with Gasteiger partial charge in [0.25, 0.3) is 0 Å². The van der Waals surface area contributed by atoms with Gasteiger partial charge in [0.1, 0.15) is 11.3 Å². The Hall–Kier alpha value is -0.960. The second-order valence-corrected chi connectivity index (χ2v) is 3.32. The molecule has 0 aliphatic rings. The van der Waals surface area contributed by atoms with Crippen LogP contribution >= 0.6 is 15.9 Å². The second-order valence-electron chi connectivity index (χ2n) is 2.76. The number of methoxy groups -OCH3 is 1. The van der Waals surface area contributed by atoms with Crippen molar-refractivity contribution >= 4 is 26.9 Å². The molecule has 2 rings (SSSR count). The lowest BCUT2D eigenvalue weighted by Crippen LogP contribution is -1.81. The highest BCUT2D eigenvalue weighted by Gasteiger charge is 2.05. The minimum atomic E-state index is 0.799. The summed E-state index contributed by atoms with van der Waals surface area (Å²) in [5.41, 5.74) is 2.05. The van der Waals surface area contributed by atoms with Crippen molar-refractivity contribution in [3.05, 3.63) is 30.0 Å². The predicted molar refractivity (Wildman–Crippen MR) is 55.4 cm³/mol. The molecule has 0 N–H and O–H groups in total. The predicted octanol–water partition coefficient (Wildman–Crippen LogP) is 3.34. The number of furan rings is 1. The molecule has 0 saturated carbocycles. The Morgan fingerprint density at radius 2 is 2.31 bits per heavy atom. The fourth-order valence-electron chi connectivity index (χ4n) is 1.29. The van der Waals surface area contributed by atoms with Crippen LogP contribution in [0.2, 0.25) is 0 Å². The Kier molecular flexibility index (Phi) is 2.27. The summed E-state index contributed by atoms with van der Waals surface area (Å²) in [5.74, 6) is 0.858. The Bertz CT molecular complexity index is 420. The molecule has 2 nitrogen and oxygen atoms in total. The molecule has 0 aliphatic heterocycles. The van der Waals surface area contributed by atoms with Crippen molar-refractivity contribution in [1.82, 2.24) is 0 Å². The van der Waals surface area contributed by atoms with Gasteiger partial charge in [0.05, 0.1) is 13.4 Å². The number of hydrogen-bond donors (Lipinski definition) is 0. The summed E-state index contributed by atoms with van der Waals surface area (Å²) in [4.78, 5) is 0. The van der Waals surface area contributed by atoms with E-state index in [1.54, 1.807) is 13.4 Å². The number of benzene rings is 1. The summed E-state index contributed by atoms with van der Waals surface area (Å²) in [6, 6.07) is 5.79. The van der Waals surface area contributed by atoms with Gasteiger partial charge < -0.3 is 9.15 Å². The van der Waals surface area contributed by atoms with E-state index in [2.05, 4.69) is 15.9 Å². The first-order valence-corrected chi connectivity index (χ1v) is 5.07. The van der Waals surface area contributed by atoms with E-state index < -0.39 is 0 Å². The zero-order valence-electron chi connectivity index (χ0n) is 7.21. The summed E-state index contributed by atoms with van der Waals surface area (Å²) in [6.45, 7) is 0. The molecule has 0 spiro atoms. The molecule has 3 heteroatoms. The lowest BCUT2D eigenvalue weighted by Gasteiger charge is -1.98. The molecule has 0 amide bonds. The highest BCUT2D eigenvalue weighted by Crippen LogP contribution is 2.26. The van der Waals surface area contributed by atoms with Crippen LogP contribution < -0.4 is 4.74 Å². The molecule has 0 saturated heterocycles. The van der Waals surface area contributed by atoms with Crippen LogP contribution in [0, 0.1) is 0 Å². The first kappa shape index (κ1) is 8.63. The Balaban J connectivity index is 2.64. The van der Waals surface area contributed by atoms with Gasteiger partial charge in [0, 0.05) is 16.3 Å². The van der Waals surface area contributed by atoms with Gasteiger partial charge in [0.2, 0.25) is 0 Å². The molecule has 1 heterocycles. The molecular weight excluding hydrogens is 232 g/mol. The number of alkyl halides is 1. The number of ether oxygens (including phenoxy) is 1. The van der Waals surface area contributed by atoms with Crippen molar-refractivity contribution in [2.75, 3.05) is 7.11 Å². The lowest BCUT2D eigenvalue weighted by atomic mass is 10.2. The summed E-state index contributed by atoms with van der Waals surface area (Å²) in [6.07, 6.45) is 1.76. The molecule has 68 valence electrons. The third-order valence-corrected chi connectivity index (χ3v) is 2.61. The number of halogens is 1. The first-order chi connectivity index (χ1) is 6.35. The average molecular weight is 241 g/mol. The van der Waals surface area contributed by atoms with Crippen molar-refractivity contribution < 1.29 is 9.15 Å². The maximum absolute atomic E-state index is 5.35. The largest absolute Gasteiger partial charge is 0.497 e. The quantitative estimate of drug-likeness (QED) is 0.752. The van der Waals surface area contributed by atoms with E-state index >= 15 is 0 Å². The molecule has 1 aromatic heterocycles. The van der Waals surface area contributed by atoms with Crippen LogP contribution in [0.3, 0.4) is 0 Å². The maximum atomic E-state index is 5.35. The van der Waals surface area contributed by atoms with Gasteiger partial charge in [-0.1, -0.05) is 15.9 Å². The standard InChI is InChI=1S/C10H9BrO2/c1-12-8-2-3-10-9(4-8)7(5-11)6-13-10/h2-4,6H,5H2,1H3. The van der Waals surface area contributed by atoms with Crippen LogP contribution in [0.25, 0.3) is 11.0 Å². The van der Waals surface area contributed by atoms with Gasteiger partial charge in [-0.2, -0.15) is 0 Å². The summed E-state index contributed by atoms with van der Waals surface area (Å²) in [5, 5.41) is 1.91. The maximum Gasteiger partial charge on any atom is 0.134 e. The molecule has 1 aromatic carbocycles. The molecule has 0 unspecified atom stereocenters. The molecule has 0 fully saturated rings. The second kappa shape index (κ2) is 3.42. The average Bonchev–Trinajstić information content (AvgIpc) is 2.59. The van der Waals surface area contributed by atoms with Crippen molar-refractivity contribution in [3.63, 3.8) is 0 Å². The van der Waals surface area contributed by atoms with Gasteiger partial charge in [-0.3, -0.25) is 0 Å². The van der Waals surface area contributed by atoms with Crippen LogP contribution in [0.4, 0.5) is 0 Å². The summed E-state index contributed by atoms with van der Waals surface area (Å²) >= 11 is 3.40. The van der Waals surface area contributed by atoms with Crippen LogP contribution in [0.1, 0.15) is 5.56 Å². The van der Waals surface area contributed by atoms with Gasteiger partial charge in [-0.25, -0.2) is 0 Å². The third-order valence-electron chi connectivity index (χ3n) is 2.00. The zero-order chi connectivity index (χ0) is 9.26. The fraction of sp³-hybridized carbons (Fsp3) is 0.200. The molecule has 0 bridgehead atoms. The molecule has 13 heavy (non-hydrogen) atoms. The van der Waals surface area contributed by atoms with Crippen LogP contribution in [0.5, 0.6) is 5.75 Å². The number of rotatable bonds is 2. The first-order valence-electron chi connectivity index (χ1n) is 3.95. The van der Waals surface area contributed by atoms with E-state index in [9.17, 15) is 0 Å². The normalized spacial score (nSPS) is 10.6. The van der Waals surface area contributed by atoms with Crippen molar-refractivity contribution in [3.8, 4) is 5.75 Å². The summed E-state index contributed by atoms with van der Waals surface area (Å²) in [7, 11) is 1.66. The Morgan fingerprint density at radius 1 is 1.46 bits per heavy atom. The molecule has 0 atom stereocenters. The molecule has 0 radical (unpaired) electrons. The van der Waals surface area contributed by atoms with E-state index in [-0.39, 0.29) is 0 Å². The highest BCUT2D eigenvalue weighted by molar-refractivity contribution is 9.08. The SMILES string of the molecule is COc1ccc2occ(CBr)c2c1. The topological polar surface area (TPSA) is 22.4 Å². The minimum Gasteiger partial charge on any atom is -0.497 e. The smallest absolute Gasteiger partial charge is 0.134 e. The van der Waals surface area contributed by atoms with Gasteiger partial charge >= 0.3 is 0 Å². The van der Waals surface area contributed by atoms with Gasteiger partial charge in [-0.15, -0.1) is 0 Å². The molecular formula is C10H9BrO2. The fourth-order valence-corrected chi connectivity index (χ4v) is 1.73. The van der Waals surface area contributed by atoms with E-state index in [4.69, 9.17) is 9.15 Å². The monoisotopic (exact) mass is 240 g/mol. The zero-order valence-corrected chi connectivity index (χ0v) is 8.80. The minimum absolute atomic E-state index is 0.799. The van der Waals surface area contributed by atoms with Crippen molar-refractivity contribution in [2.24, 2.45) is 0 Å². The van der Waals surface area contributed by atoms with E-state index in [0.29, 0.717) is 0 Å². The van der Waals surface area contributed by atoms with Crippen LogP contribution in [-0.2, 0) is 5.33 Å². The summed E-state index contributed by atoms with van der Waals surface area (Å²) < 4.78 is 10.5. The van der Waals surface area contributed by atoms with E-state index in [1.807, 2.05) is 18.2 Å². The van der Waals surface area contributed by atoms with Crippen LogP contribution in [-0.4, -0.2) is 7.11 Å². The van der Waals surface area contributed by atoms with E-state index in [1.165, 1.54) is 0 Å². The number of fused-ring (bicyclic) bond motifs is 1. The van der Waals surface area contributed by atoms with Crippen LogP contribution in [0.15, 0.2) is 28.9 Å². The van der Waals surface area contributed by atoms with E-state index in [0.717, 1.165) is 27.6 Å². The number of hydrogen-bond acceptors (Lipinski definition) is 2. The van der Waals surface area contributed by atoms with Gasteiger partial charge in [-0.05, 0) is 18.2 Å².